The number of nitrogens with zero attached hydrogens (tertiary/aromatic N) is 4. The predicted molar refractivity (Wildman–Crippen MR) is 145 cm³/mol. The zero-order valence-corrected chi connectivity index (χ0v) is 21.6. The number of benzene rings is 3. The number of aromatic nitrogens is 3. The summed E-state index contributed by atoms with van der Waals surface area (Å²) in [5, 5.41) is 9.48. The van der Waals surface area contributed by atoms with Crippen LogP contribution in [0.15, 0.2) is 84.0 Å². The van der Waals surface area contributed by atoms with Crippen molar-refractivity contribution in [2.75, 3.05) is 10.7 Å². The Hall–Kier alpha value is -3.16. The van der Waals surface area contributed by atoms with E-state index < -0.39 is 0 Å². The maximum atomic E-state index is 13.8. The minimum atomic E-state index is -0.355. The van der Waals surface area contributed by atoms with Crippen LogP contribution >= 0.6 is 23.1 Å². The van der Waals surface area contributed by atoms with Crippen LogP contribution in [0, 0.1) is 0 Å². The normalized spacial score (nSPS) is 19.2. The van der Waals surface area contributed by atoms with Crippen molar-refractivity contribution < 1.29 is 4.79 Å². The minimum Gasteiger partial charge on any atom is -0.306 e. The smallest absolute Gasteiger partial charge is 0.237 e. The molecule has 0 aliphatic carbocycles. The number of hydrogen-bond acceptors (Lipinski definition) is 5. The number of carbonyl (C=O) groups is 1. The maximum Gasteiger partial charge on any atom is 0.237 e. The van der Waals surface area contributed by atoms with E-state index >= 15 is 0 Å². The van der Waals surface area contributed by atoms with Gasteiger partial charge < -0.3 is 4.90 Å². The first kappa shape index (κ1) is 22.3. The molecule has 0 saturated carbocycles. The number of hydrogen-bond donors (Lipinski definition) is 0. The summed E-state index contributed by atoms with van der Waals surface area (Å²) in [5.74, 6) is 0.379. The number of carbonyl (C=O) groups excluding carboxylic acids is 1. The summed E-state index contributed by atoms with van der Waals surface area (Å²) in [7, 11) is 0. The second kappa shape index (κ2) is 8.21. The predicted octanol–water partition coefficient (Wildman–Crippen LogP) is 6.56. The van der Waals surface area contributed by atoms with Crippen LogP contribution in [-0.2, 0) is 10.2 Å². The molecular weight excluding hydrogens is 472 g/mol. The molecule has 1 aliphatic rings. The van der Waals surface area contributed by atoms with Crippen LogP contribution in [0.5, 0.6) is 0 Å². The average molecular weight is 499 g/mol. The molecule has 5 nitrogen and oxygen atoms in total. The second-order valence-electron chi connectivity index (χ2n) is 9.89. The molecule has 0 radical (unpaired) electrons. The van der Waals surface area contributed by atoms with Crippen molar-refractivity contribution in [1.82, 2.24) is 14.6 Å². The van der Waals surface area contributed by atoms with Gasteiger partial charge in [-0.05, 0) is 49.6 Å². The van der Waals surface area contributed by atoms with E-state index in [1.54, 1.807) is 11.3 Å². The van der Waals surface area contributed by atoms with E-state index in [2.05, 4.69) is 96.0 Å². The number of rotatable bonds is 4. The Kier molecular flexibility index (Phi) is 5.23. The molecule has 0 saturated heterocycles. The number of fused-ring (bicyclic) bond motifs is 4. The number of para-hydroxylation sites is 2. The monoisotopic (exact) mass is 498 g/mol. The zero-order valence-electron chi connectivity index (χ0n) is 19.9. The van der Waals surface area contributed by atoms with E-state index in [1.807, 2.05) is 23.1 Å². The van der Waals surface area contributed by atoms with Gasteiger partial charge in [0.15, 0.2) is 5.16 Å². The van der Waals surface area contributed by atoms with Gasteiger partial charge in [0.2, 0.25) is 10.9 Å². The lowest BCUT2D eigenvalue weighted by molar-refractivity contribution is -0.117. The van der Waals surface area contributed by atoms with E-state index in [0.717, 1.165) is 32.4 Å². The fourth-order valence-electron chi connectivity index (χ4n) is 5.68. The van der Waals surface area contributed by atoms with Crippen molar-refractivity contribution in [3.05, 3.63) is 90.0 Å². The summed E-state index contributed by atoms with van der Waals surface area (Å²) in [6.07, 6.45) is 0.835. The SMILES string of the molecule is CC1(C)C[C@@](C)(c2ccccc2)c2ccccc2N1C(=O)CSc1nnc2sc3ccccc3n12. The summed E-state index contributed by atoms with van der Waals surface area (Å²) < 4.78 is 3.22. The van der Waals surface area contributed by atoms with Crippen molar-refractivity contribution in [1.29, 1.82) is 0 Å². The van der Waals surface area contributed by atoms with Crippen molar-refractivity contribution in [3.63, 3.8) is 0 Å². The van der Waals surface area contributed by atoms with Crippen molar-refractivity contribution in [2.24, 2.45) is 0 Å². The molecule has 3 aromatic carbocycles. The fourth-order valence-corrected chi connectivity index (χ4v) is 7.49. The number of thiazole rings is 1. The van der Waals surface area contributed by atoms with Crippen LogP contribution in [0.1, 0.15) is 38.3 Å². The van der Waals surface area contributed by atoms with Crippen molar-refractivity contribution >= 4 is 49.9 Å². The van der Waals surface area contributed by atoms with E-state index in [4.69, 9.17) is 0 Å². The van der Waals surface area contributed by atoms with Gasteiger partial charge in [-0.15, -0.1) is 10.2 Å². The minimum absolute atomic E-state index is 0.0823. The number of amides is 1. The van der Waals surface area contributed by atoms with Gasteiger partial charge in [0, 0.05) is 16.6 Å². The van der Waals surface area contributed by atoms with Crippen LogP contribution in [-0.4, -0.2) is 31.8 Å². The number of thioether (sulfide) groups is 1. The molecule has 35 heavy (non-hydrogen) atoms. The van der Waals surface area contributed by atoms with Gasteiger partial charge in [-0.1, -0.05) is 90.7 Å². The molecular formula is C28H26N4OS2. The molecule has 0 unspecified atom stereocenters. The van der Waals surface area contributed by atoms with Gasteiger partial charge in [-0.2, -0.15) is 0 Å². The highest BCUT2D eigenvalue weighted by Crippen LogP contribution is 2.50. The standard InChI is InChI=1S/C28H26N4OS2/c1-27(2)18-28(3,19-11-5-4-6-12-19)20-13-7-8-14-21(20)32(27)24(33)17-34-25-29-30-26-31(25)22-15-9-10-16-23(22)35-26/h4-16H,17-18H2,1-3H3/t28-/m0/s1. The molecule has 0 bridgehead atoms. The molecule has 3 heterocycles. The molecule has 5 aromatic rings. The van der Waals surface area contributed by atoms with E-state index in [-0.39, 0.29) is 16.9 Å². The highest BCUT2D eigenvalue weighted by Gasteiger charge is 2.47. The van der Waals surface area contributed by atoms with Crippen molar-refractivity contribution in [2.45, 2.75) is 43.3 Å². The highest BCUT2D eigenvalue weighted by atomic mass is 32.2. The maximum absolute atomic E-state index is 13.8. The van der Waals surface area contributed by atoms with Gasteiger partial charge in [0.05, 0.1) is 16.0 Å². The second-order valence-corrected chi connectivity index (χ2v) is 11.8. The molecule has 2 aromatic heterocycles. The molecule has 1 atom stereocenters. The lowest BCUT2D eigenvalue weighted by Crippen LogP contribution is -2.56. The third-order valence-electron chi connectivity index (χ3n) is 7.03. The molecule has 6 rings (SSSR count). The summed E-state index contributed by atoms with van der Waals surface area (Å²) in [5.41, 5.74) is 4.00. The lowest BCUT2D eigenvalue weighted by Gasteiger charge is -2.51. The molecule has 0 N–H and O–H groups in total. The van der Waals surface area contributed by atoms with E-state index in [9.17, 15) is 4.79 Å². The Bertz CT molecular complexity index is 1560. The summed E-state index contributed by atoms with van der Waals surface area (Å²) >= 11 is 3.07. The average Bonchev–Trinajstić information content (AvgIpc) is 3.42. The Morgan fingerprint density at radius 2 is 1.66 bits per heavy atom. The van der Waals surface area contributed by atoms with Crippen LogP contribution in [0.2, 0.25) is 0 Å². The molecule has 7 heteroatoms. The fraction of sp³-hybridized carbons (Fsp3) is 0.250. The lowest BCUT2D eigenvalue weighted by atomic mass is 9.65. The largest absolute Gasteiger partial charge is 0.306 e. The Morgan fingerprint density at radius 1 is 0.943 bits per heavy atom. The molecule has 176 valence electrons. The Labute approximate surface area is 212 Å². The summed E-state index contributed by atoms with van der Waals surface area (Å²) in [6.45, 7) is 6.65. The highest BCUT2D eigenvalue weighted by molar-refractivity contribution is 7.99. The van der Waals surface area contributed by atoms with E-state index in [0.29, 0.717) is 5.75 Å². The third-order valence-corrected chi connectivity index (χ3v) is 8.95. The first-order valence-electron chi connectivity index (χ1n) is 11.7. The Morgan fingerprint density at radius 3 is 2.49 bits per heavy atom. The molecule has 0 fully saturated rings. The van der Waals surface area contributed by atoms with Gasteiger partial charge >= 0.3 is 0 Å². The van der Waals surface area contributed by atoms with Gasteiger partial charge in [-0.3, -0.25) is 9.20 Å². The molecule has 1 amide bonds. The zero-order chi connectivity index (χ0) is 24.2. The first-order chi connectivity index (χ1) is 16.9. The van der Waals surface area contributed by atoms with Crippen LogP contribution in [0.25, 0.3) is 15.2 Å². The molecule has 0 spiro atoms. The number of anilines is 1. The van der Waals surface area contributed by atoms with Crippen LogP contribution in [0.4, 0.5) is 5.69 Å². The van der Waals surface area contributed by atoms with Crippen LogP contribution in [0.3, 0.4) is 0 Å². The van der Waals surface area contributed by atoms with Gasteiger partial charge in [0.1, 0.15) is 0 Å². The van der Waals surface area contributed by atoms with E-state index in [1.165, 1.54) is 22.9 Å². The first-order valence-corrected chi connectivity index (χ1v) is 13.5. The quantitative estimate of drug-likeness (QED) is 0.263. The topological polar surface area (TPSA) is 50.5 Å². The van der Waals surface area contributed by atoms with Crippen molar-refractivity contribution in [3.8, 4) is 0 Å². The van der Waals surface area contributed by atoms with Gasteiger partial charge in [-0.25, -0.2) is 0 Å². The Balaban J connectivity index is 1.34. The third kappa shape index (κ3) is 3.56. The molecule has 1 aliphatic heterocycles. The van der Waals surface area contributed by atoms with Gasteiger partial charge in [0.25, 0.3) is 0 Å². The van der Waals surface area contributed by atoms with Crippen LogP contribution < -0.4 is 4.90 Å². The summed E-state index contributed by atoms with van der Waals surface area (Å²) in [6, 6.07) is 27.2. The summed E-state index contributed by atoms with van der Waals surface area (Å²) in [4.78, 5) is 16.7.